The van der Waals surface area contributed by atoms with Gasteiger partial charge in [-0.2, -0.15) is 4.98 Å². The summed E-state index contributed by atoms with van der Waals surface area (Å²) in [6.07, 6.45) is 0. The van der Waals surface area contributed by atoms with Gasteiger partial charge < -0.3 is 15.7 Å². The van der Waals surface area contributed by atoms with Crippen LogP contribution in [0.15, 0.2) is 18.2 Å². The highest BCUT2D eigenvalue weighted by Gasteiger charge is 2.38. The zero-order chi connectivity index (χ0) is 15.2. The Morgan fingerprint density at radius 2 is 2.00 bits per heavy atom. The van der Waals surface area contributed by atoms with Gasteiger partial charge in [-0.3, -0.25) is 0 Å². The maximum absolute atomic E-state index is 9.73. The SMILES string of the molecule is CC1(O)CN(c2nnc(-c3cccc(Cl)c3Cl)c(N)n2)C1. The Bertz CT molecular complexity index is 699. The topological polar surface area (TPSA) is 88.2 Å². The summed E-state index contributed by atoms with van der Waals surface area (Å²) in [6, 6.07) is 5.19. The molecule has 0 bridgehead atoms. The normalized spacial score (nSPS) is 16.7. The number of nitrogens with two attached hydrogens (primary N) is 1. The predicted octanol–water partition coefficient (Wildman–Crippen LogP) is 2.00. The van der Waals surface area contributed by atoms with Gasteiger partial charge in [0, 0.05) is 5.56 Å². The molecule has 0 spiro atoms. The lowest BCUT2D eigenvalue weighted by atomic mass is 9.98. The van der Waals surface area contributed by atoms with Crippen LogP contribution in [-0.4, -0.2) is 39.0 Å². The van der Waals surface area contributed by atoms with Crippen LogP contribution in [0, 0.1) is 0 Å². The van der Waals surface area contributed by atoms with E-state index in [1.807, 2.05) is 0 Å². The number of rotatable bonds is 2. The van der Waals surface area contributed by atoms with Crippen molar-refractivity contribution < 1.29 is 5.11 Å². The van der Waals surface area contributed by atoms with Crippen molar-refractivity contribution in [2.45, 2.75) is 12.5 Å². The number of β-amino-alcohol motifs (C(OH)–C–C–N with tert-alkyl or cyclic N) is 1. The number of nitrogens with zero attached hydrogens (tertiary/aromatic N) is 4. The second-order valence-corrected chi connectivity index (χ2v) is 6.09. The third-order valence-corrected chi connectivity index (χ3v) is 4.07. The van der Waals surface area contributed by atoms with Gasteiger partial charge in [-0.25, -0.2) is 0 Å². The summed E-state index contributed by atoms with van der Waals surface area (Å²) in [5.41, 5.74) is 6.21. The zero-order valence-electron chi connectivity index (χ0n) is 11.2. The molecular weight excluding hydrogens is 313 g/mol. The maximum atomic E-state index is 9.73. The summed E-state index contributed by atoms with van der Waals surface area (Å²) in [7, 11) is 0. The first-order valence-electron chi connectivity index (χ1n) is 6.29. The first kappa shape index (κ1) is 14.3. The average molecular weight is 326 g/mol. The quantitative estimate of drug-likeness (QED) is 0.877. The molecule has 1 aromatic carbocycles. The average Bonchev–Trinajstić information content (AvgIpc) is 2.39. The second-order valence-electron chi connectivity index (χ2n) is 5.30. The Kier molecular flexibility index (Phi) is 3.39. The molecule has 2 aromatic rings. The predicted molar refractivity (Wildman–Crippen MR) is 82.5 cm³/mol. The number of hydrogen-bond acceptors (Lipinski definition) is 6. The van der Waals surface area contributed by atoms with Gasteiger partial charge in [0.2, 0.25) is 5.95 Å². The molecule has 0 amide bonds. The summed E-state index contributed by atoms with van der Waals surface area (Å²) in [6.45, 7) is 2.65. The molecule has 6 nitrogen and oxygen atoms in total. The molecule has 3 N–H and O–H groups in total. The largest absolute Gasteiger partial charge is 0.386 e. The highest BCUT2D eigenvalue weighted by molar-refractivity contribution is 6.43. The molecule has 2 heterocycles. The van der Waals surface area contributed by atoms with Crippen molar-refractivity contribution in [1.29, 1.82) is 0 Å². The van der Waals surface area contributed by atoms with E-state index in [4.69, 9.17) is 28.9 Å². The fourth-order valence-electron chi connectivity index (χ4n) is 2.26. The number of hydrogen-bond donors (Lipinski definition) is 2. The van der Waals surface area contributed by atoms with Gasteiger partial charge in [0.25, 0.3) is 0 Å². The van der Waals surface area contributed by atoms with Crippen molar-refractivity contribution in [3.05, 3.63) is 28.2 Å². The fraction of sp³-hybridized carbons (Fsp3) is 0.308. The zero-order valence-corrected chi connectivity index (χ0v) is 12.7. The third-order valence-electron chi connectivity index (χ3n) is 3.26. The lowest BCUT2D eigenvalue weighted by Gasteiger charge is -2.43. The second kappa shape index (κ2) is 4.98. The fourth-order valence-corrected chi connectivity index (χ4v) is 2.65. The Balaban J connectivity index is 1.94. The molecule has 0 aliphatic carbocycles. The summed E-state index contributed by atoms with van der Waals surface area (Å²) in [5, 5.41) is 18.7. The number of anilines is 2. The van der Waals surface area contributed by atoms with Gasteiger partial charge in [0.05, 0.1) is 28.7 Å². The van der Waals surface area contributed by atoms with E-state index in [-0.39, 0.29) is 5.82 Å². The van der Waals surface area contributed by atoms with Crippen LogP contribution in [0.4, 0.5) is 11.8 Å². The molecule has 1 aliphatic rings. The van der Waals surface area contributed by atoms with Crippen LogP contribution in [0.5, 0.6) is 0 Å². The minimum Gasteiger partial charge on any atom is -0.386 e. The van der Waals surface area contributed by atoms with E-state index in [1.54, 1.807) is 30.0 Å². The van der Waals surface area contributed by atoms with Gasteiger partial charge in [-0.15, -0.1) is 10.2 Å². The van der Waals surface area contributed by atoms with Gasteiger partial charge in [0.1, 0.15) is 5.69 Å². The van der Waals surface area contributed by atoms with Crippen molar-refractivity contribution in [2.24, 2.45) is 0 Å². The van der Waals surface area contributed by atoms with E-state index < -0.39 is 5.60 Å². The number of aliphatic hydroxyl groups is 1. The van der Waals surface area contributed by atoms with Crippen molar-refractivity contribution in [3.63, 3.8) is 0 Å². The molecular formula is C13H13Cl2N5O. The Morgan fingerprint density at radius 1 is 1.29 bits per heavy atom. The van der Waals surface area contributed by atoms with Crippen LogP contribution in [0.1, 0.15) is 6.92 Å². The van der Waals surface area contributed by atoms with Crippen molar-refractivity contribution >= 4 is 35.0 Å². The van der Waals surface area contributed by atoms with Gasteiger partial charge in [-0.1, -0.05) is 35.3 Å². The molecule has 21 heavy (non-hydrogen) atoms. The van der Waals surface area contributed by atoms with Crippen molar-refractivity contribution in [3.8, 4) is 11.3 Å². The van der Waals surface area contributed by atoms with Crippen LogP contribution in [-0.2, 0) is 0 Å². The van der Waals surface area contributed by atoms with E-state index in [2.05, 4.69) is 15.2 Å². The monoisotopic (exact) mass is 325 g/mol. The molecule has 3 rings (SSSR count). The van der Waals surface area contributed by atoms with E-state index in [9.17, 15) is 5.11 Å². The van der Waals surface area contributed by atoms with Gasteiger partial charge in [0.15, 0.2) is 5.82 Å². The maximum Gasteiger partial charge on any atom is 0.247 e. The molecule has 1 fully saturated rings. The van der Waals surface area contributed by atoms with Crippen molar-refractivity contribution in [2.75, 3.05) is 23.7 Å². The molecule has 0 atom stereocenters. The van der Waals surface area contributed by atoms with Crippen LogP contribution in [0.2, 0.25) is 10.0 Å². The summed E-state index contributed by atoms with van der Waals surface area (Å²) < 4.78 is 0. The molecule has 110 valence electrons. The Hall–Kier alpha value is -1.63. The Labute approximate surface area is 131 Å². The van der Waals surface area contributed by atoms with E-state index >= 15 is 0 Å². The highest BCUT2D eigenvalue weighted by Crippen LogP contribution is 2.35. The summed E-state index contributed by atoms with van der Waals surface area (Å²) >= 11 is 12.1. The molecule has 0 saturated carbocycles. The minimum absolute atomic E-state index is 0.218. The first-order valence-corrected chi connectivity index (χ1v) is 7.05. The number of aromatic nitrogens is 3. The molecule has 0 radical (unpaired) electrons. The molecule has 8 heteroatoms. The molecule has 1 saturated heterocycles. The van der Waals surface area contributed by atoms with Crippen LogP contribution in [0.25, 0.3) is 11.3 Å². The number of nitrogen functional groups attached to an aromatic ring is 1. The Morgan fingerprint density at radius 3 is 2.62 bits per heavy atom. The van der Waals surface area contributed by atoms with E-state index in [0.29, 0.717) is 40.3 Å². The van der Waals surface area contributed by atoms with Crippen molar-refractivity contribution in [1.82, 2.24) is 15.2 Å². The molecule has 1 aliphatic heterocycles. The lowest BCUT2D eigenvalue weighted by molar-refractivity contribution is 0.0299. The van der Waals surface area contributed by atoms with Gasteiger partial charge in [-0.05, 0) is 13.0 Å². The van der Waals surface area contributed by atoms with E-state index in [1.165, 1.54) is 0 Å². The molecule has 1 aromatic heterocycles. The molecule has 0 unspecified atom stereocenters. The van der Waals surface area contributed by atoms with Gasteiger partial charge >= 0.3 is 0 Å². The van der Waals surface area contributed by atoms with Crippen LogP contribution >= 0.6 is 23.2 Å². The summed E-state index contributed by atoms with van der Waals surface area (Å²) in [4.78, 5) is 6.02. The van der Waals surface area contributed by atoms with Crippen LogP contribution in [0.3, 0.4) is 0 Å². The first-order chi connectivity index (χ1) is 9.87. The smallest absolute Gasteiger partial charge is 0.247 e. The van der Waals surface area contributed by atoms with Crippen LogP contribution < -0.4 is 10.6 Å². The lowest BCUT2D eigenvalue weighted by Crippen LogP contribution is -2.60. The minimum atomic E-state index is -0.715. The number of benzene rings is 1. The number of halogens is 2. The standard InChI is InChI=1S/C13H13Cl2N5O/c1-13(21)5-20(6-13)12-17-11(16)10(18-19-12)7-3-2-4-8(14)9(7)15/h2-4,21H,5-6H2,1H3,(H2,16,17,19). The third kappa shape index (κ3) is 2.62. The summed E-state index contributed by atoms with van der Waals surface area (Å²) in [5.74, 6) is 0.608. The van der Waals surface area contributed by atoms with E-state index in [0.717, 1.165) is 0 Å². The highest BCUT2D eigenvalue weighted by atomic mass is 35.5.